The van der Waals surface area contributed by atoms with Crippen LogP contribution in [0.15, 0.2) is 69.8 Å². The fraction of sp³-hybridized carbons (Fsp3) is 0.208. The summed E-state index contributed by atoms with van der Waals surface area (Å²) in [5.41, 5.74) is 8.60. The van der Waals surface area contributed by atoms with E-state index in [1.54, 1.807) is 26.8 Å². The average Bonchev–Trinajstić information content (AvgIpc) is 3.51. The Bertz CT molecular complexity index is 1340. The number of methoxy groups -OCH3 is 2. The van der Waals surface area contributed by atoms with E-state index in [-0.39, 0.29) is 0 Å². The van der Waals surface area contributed by atoms with E-state index in [2.05, 4.69) is 25.9 Å². The molecule has 180 valence electrons. The summed E-state index contributed by atoms with van der Waals surface area (Å²) >= 11 is 4.80. The van der Waals surface area contributed by atoms with Crippen molar-refractivity contribution in [2.45, 2.75) is 24.4 Å². The Hall–Kier alpha value is -3.44. The molecule has 0 bridgehead atoms. The number of fused-ring (bicyclic) bond motifs is 1. The second kappa shape index (κ2) is 10.0. The number of aryl methyl sites for hydroxylation is 2. The van der Waals surface area contributed by atoms with Crippen molar-refractivity contribution < 1.29 is 18.9 Å². The molecule has 1 atom stereocenters. The van der Waals surface area contributed by atoms with Crippen LogP contribution in [0.5, 0.6) is 11.5 Å². The molecule has 1 unspecified atom stereocenters. The molecule has 0 spiro atoms. The molecule has 3 aliphatic rings. The maximum Gasteiger partial charge on any atom is 0.268 e. The molecule has 2 aromatic rings. The maximum absolute atomic E-state index is 6.10. The Morgan fingerprint density at radius 3 is 2.63 bits per heavy atom. The molecule has 0 saturated heterocycles. The van der Waals surface area contributed by atoms with Crippen molar-refractivity contribution >= 4 is 33.5 Å². The van der Waals surface area contributed by atoms with Crippen molar-refractivity contribution in [2.75, 3.05) is 20.0 Å². The molecule has 35 heavy (non-hydrogen) atoms. The molecule has 2 aromatic carbocycles. The van der Waals surface area contributed by atoms with E-state index in [1.807, 2.05) is 47.0 Å². The van der Waals surface area contributed by atoms with Crippen LogP contribution in [0.1, 0.15) is 17.4 Å². The third kappa shape index (κ3) is 5.01. The van der Waals surface area contributed by atoms with Gasteiger partial charge in [0.2, 0.25) is 5.09 Å². The van der Waals surface area contributed by atoms with E-state index >= 15 is 0 Å². The zero-order valence-electron chi connectivity index (χ0n) is 19.0. The van der Waals surface area contributed by atoms with E-state index in [0.29, 0.717) is 40.5 Å². The van der Waals surface area contributed by atoms with Crippen LogP contribution in [-0.4, -0.2) is 33.7 Å². The first-order valence-electron chi connectivity index (χ1n) is 10.7. The Labute approximate surface area is 214 Å². The number of imidazole rings is 1. The minimum Gasteiger partial charge on any atom is -0.497 e. The summed E-state index contributed by atoms with van der Waals surface area (Å²) < 4.78 is 25.2. The molecule has 2 N–H and O–H groups in total. The number of hydrogen-bond donors (Lipinski definition) is 1. The van der Waals surface area contributed by atoms with Crippen LogP contribution in [0.3, 0.4) is 0 Å². The molecule has 9 nitrogen and oxygen atoms in total. The number of anilines is 1. The SMILES string of the molecule is COc1cc(CCn2cnc(N)c3nc(SC4=COC(c5ccccc5Br)O4)nc2-3)cc(OC)c1. The molecular formula is C24H22BrN5O4S. The standard InChI is InChI=1S/C24H22BrN5O4S/c1-31-15-9-14(10-16(11-15)32-2)7-8-30-13-27-21(26)20-22(30)29-24(28-20)35-19-12-33-23(34-19)17-5-3-4-6-18(17)25/h3-6,9-13,23H,7-8,26H2,1-2H3. The molecular weight excluding hydrogens is 534 g/mol. The van der Waals surface area contributed by atoms with Crippen LogP contribution < -0.4 is 15.2 Å². The topological polar surface area (TPSA) is 107 Å². The second-order valence-electron chi connectivity index (χ2n) is 7.62. The zero-order valence-corrected chi connectivity index (χ0v) is 21.4. The van der Waals surface area contributed by atoms with Crippen molar-refractivity contribution in [3.05, 3.63) is 75.7 Å². The van der Waals surface area contributed by atoms with Crippen LogP contribution in [0, 0.1) is 0 Å². The number of thioether (sulfide) groups is 1. The summed E-state index contributed by atoms with van der Waals surface area (Å²) in [6.07, 6.45) is 3.43. The van der Waals surface area contributed by atoms with Gasteiger partial charge in [0, 0.05) is 22.6 Å². The van der Waals surface area contributed by atoms with E-state index in [4.69, 9.17) is 29.7 Å². The van der Waals surface area contributed by atoms with E-state index in [0.717, 1.165) is 27.1 Å². The van der Waals surface area contributed by atoms with Crippen LogP contribution in [0.4, 0.5) is 5.82 Å². The second-order valence-corrected chi connectivity index (χ2v) is 9.44. The lowest BCUT2D eigenvalue weighted by molar-refractivity contribution is -0.0278. The summed E-state index contributed by atoms with van der Waals surface area (Å²) in [6, 6.07) is 13.6. The largest absolute Gasteiger partial charge is 0.497 e. The van der Waals surface area contributed by atoms with Crippen molar-refractivity contribution in [3.63, 3.8) is 0 Å². The average molecular weight is 556 g/mol. The lowest BCUT2D eigenvalue weighted by Gasteiger charge is -2.12. The summed E-state index contributed by atoms with van der Waals surface area (Å²) in [4.78, 5) is 13.6. The number of rotatable bonds is 8. The first-order valence-corrected chi connectivity index (χ1v) is 12.3. The van der Waals surface area contributed by atoms with Gasteiger partial charge in [-0.05, 0) is 41.9 Å². The number of aromatic nitrogens is 4. The van der Waals surface area contributed by atoms with Gasteiger partial charge in [0.1, 0.15) is 17.8 Å². The lowest BCUT2D eigenvalue weighted by atomic mass is 10.1. The monoisotopic (exact) mass is 555 g/mol. The molecule has 0 aliphatic carbocycles. The highest BCUT2D eigenvalue weighted by Crippen LogP contribution is 2.40. The van der Waals surface area contributed by atoms with Gasteiger partial charge in [-0.15, -0.1) is 0 Å². The molecule has 11 heteroatoms. The molecule has 0 amide bonds. The minimum absolute atomic E-state index is 0.322. The Balaban J connectivity index is 1.32. The third-order valence-electron chi connectivity index (χ3n) is 5.39. The summed E-state index contributed by atoms with van der Waals surface area (Å²) in [5.74, 6) is 2.45. The predicted octanol–water partition coefficient (Wildman–Crippen LogP) is 5.02. The Morgan fingerprint density at radius 1 is 1.11 bits per heavy atom. The number of hydrogen-bond acceptors (Lipinski definition) is 9. The molecule has 0 saturated carbocycles. The smallest absolute Gasteiger partial charge is 0.268 e. The van der Waals surface area contributed by atoms with Gasteiger partial charge < -0.3 is 29.2 Å². The molecule has 0 aromatic heterocycles. The van der Waals surface area contributed by atoms with E-state index < -0.39 is 6.29 Å². The normalized spacial score (nSPS) is 14.9. The van der Waals surface area contributed by atoms with Gasteiger partial charge in [-0.25, -0.2) is 15.0 Å². The lowest BCUT2D eigenvalue weighted by Crippen LogP contribution is -2.10. The van der Waals surface area contributed by atoms with Gasteiger partial charge in [0.05, 0.1) is 20.5 Å². The number of nitrogens with two attached hydrogens (primary N) is 1. The van der Waals surface area contributed by atoms with Crippen LogP contribution >= 0.6 is 27.7 Å². The van der Waals surface area contributed by atoms with Crippen molar-refractivity contribution in [1.29, 1.82) is 0 Å². The van der Waals surface area contributed by atoms with Gasteiger partial charge >= 0.3 is 0 Å². The first kappa shape index (κ1) is 23.3. The van der Waals surface area contributed by atoms with Crippen molar-refractivity contribution in [2.24, 2.45) is 0 Å². The molecule has 3 heterocycles. The highest BCUT2D eigenvalue weighted by atomic mass is 79.9. The molecule has 5 rings (SSSR count). The van der Waals surface area contributed by atoms with Gasteiger partial charge in [0.25, 0.3) is 6.29 Å². The maximum atomic E-state index is 6.10. The fourth-order valence-electron chi connectivity index (χ4n) is 3.62. The first-order chi connectivity index (χ1) is 17.0. The van der Waals surface area contributed by atoms with Crippen LogP contribution in [-0.2, 0) is 22.4 Å². The predicted molar refractivity (Wildman–Crippen MR) is 135 cm³/mol. The number of halogens is 1. The molecule has 0 fully saturated rings. The van der Waals surface area contributed by atoms with Crippen molar-refractivity contribution in [3.8, 4) is 23.0 Å². The molecule has 3 aliphatic heterocycles. The summed E-state index contributed by atoms with van der Waals surface area (Å²) in [5, 5.41) is 1.06. The Morgan fingerprint density at radius 2 is 1.89 bits per heavy atom. The summed E-state index contributed by atoms with van der Waals surface area (Å²) in [7, 11) is 3.27. The van der Waals surface area contributed by atoms with Crippen LogP contribution in [0.2, 0.25) is 0 Å². The van der Waals surface area contributed by atoms with Crippen LogP contribution in [0.25, 0.3) is 11.5 Å². The minimum atomic E-state index is -0.533. The number of ether oxygens (including phenoxy) is 4. The van der Waals surface area contributed by atoms with Gasteiger partial charge in [-0.2, -0.15) is 0 Å². The highest BCUT2D eigenvalue weighted by Gasteiger charge is 2.27. The number of benzene rings is 2. The third-order valence-corrected chi connectivity index (χ3v) is 6.87. The van der Waals surface area contributed by atoms with Crippen molar-refractivity contribution in [1.82, 2.24) is 19.5 Å². The zero-order chi connectivity index (χ0) is 24.4. The highest BCUT2D eigenvalue weighted by molar-refractivity contribution is 9.10. The van der Waals surface area contributed by atoms with E-state index in [1.165, 1.54) is 11.8 Å². The van der Waals surface area contributed by atoms with Gasteiger partial charge in [-0.1, -0.05) is 34.1 Å². The fourth-order valence-corrected chi connectivity index (χ4v) is 4.78. The number of nitrogen functional groups attached to an aromatic ring is 1. The molecule has 0 radical (unpaired) electrons. The summed E-state index contributed by atoms with van der Waals surface area (Å²) in [6.45, 7) is 0.620. The quantitative estimate of drug-likeness (QED) is 0.320. The Kier molecular flexibility index (Phi) is 6.69. The number of nitrogens with zero attached hydrogens (tertiary/aromatic N) is 4. The van der Waals surface area contributed by atoms with Gasteiger partial charge in [0.15, 0.2) is 22.5 Å². The van der Waals surface area contributed by atoms with Gasteiger partial charge in [-0.3, -0.25) is 0 Å². The van der Waals surface area contributed by atoms with E-state index in [9.17, 15) is 0 Å².